The van der Waals surface area contributed by atoms with Crippen molar-refractivity contribution in [2.75, 3.05) is 0 Å². The first-order valence-electron chi connectivity index (χ1n) is 6.22. The van der Waals surface area contributed by atoms with Crippen LogP contribution >= 0.6 is 0 Å². The van der Waals surface area contributed by atoms with Crippen LogP contribution in [0.15, 0.2) is 0 Å². The number of Topliss-reactive ketones (excluding diaryl/α,β-unsaturated/α-hetero) is 1. The maximum atomic E-state index is 11.7. The van der Waals surface area contributed by atoms with Gasteiger partial charge in [-0.1, -0.05) is 13.3 Å². The molecule has 0 aliphatic heterocycles. The van der Waals surface area contributed by atoms with Crippen molar-refractivity contribution in [3.8, 4) is 0 Å². The van der Waals surface area contributed by atoms with E-state index in [9.17, 15) is 9.59 Å². The summed E-state index contributed by atoms with van der Waals surface area (Å²) in [6.07, 6.45) is 1.27. The van der Waals surface area contributed by atoms with Crippen LogP contribution in [0.2, 0.25) is 0 Å². The van der Waals surface area contributed by atoms with Crippen LogP contribution in [0.25, 0.3) is 0 Å². The second kappa shape index (κ2) is 7.90. The molecule has 18 heavy (non-hydrogen) atoms. The molecule has 0 aliphatic carbocycles. The molecule has 0 saturated heterocycles. The van der Waals surface area contributed by atoms with Gasteiger partial charge in [0.25, 0.3) is 5.97 Å². The highest BCUT2D eigenvalue weighted by molar-refractivity contribution is 6.39. The lowest BCUT2D eigenvalue weighted by Crippen LogP contribution is -2.46. The fourth-order valence-electron chi connectivity index (χ4n) is 1.44. The third kappa shape index (κ3) is 6.50. The average Bonchev–Trinajstić information content (AvgIpc) is 2.14. The van der Waals surface area contributed by atoms with E-state index in [-0.39, 0.29) is 11.9 Å². The van der Waals surface area contributed by atoms with E-state index in [4.69, 9.17) is 11.4 Å². The van der Waals surface area contributed by atoms with Crippen LogP contribution in [0.1, 0.15) is 54.4 Å². The lowest BCUT2D eigenvalue weighted by Gasteiger charge is -2.29. The summed E-state index contributed by atoms with van der Waals surface area (Å²) in [6, 6.07) is 0. The normalized spacial score (nSPS) is 14.2. The van der Waals surface area contributed by atoms with Crippen molar-refractivity contribution >= 4 is 26.9 Å². The van der Waals surface area contributed by atoms with Gasteiger partial charge < -0.3 is 11.4 Å². The van der Waals surface area contributed by atoms with E-state index >= 15 is 0 Å². The molecule has 1 unspecified atom stereocenters. The van der Waals surface area contributed by atoms with Gasteiger partial charge in [-0.05, 0) is 34.1 Å². The Morgan fingerprint density at radius 1 is 1.28 bits per heavy atom. The summed E-state index contributed by atoms with van der Waals surface area (Å²) < 4.78 is 16.2. The summed E-state index contributed by atoms with van der Waals surface area (Å²) in [5.74, 6) is -0.531. The van der Waals surface area contributed by atoms with Gasteiger partial charge >= 0.3 is 15.1 Å². The molecule has 6 heteroatoms. The summed E-state index contributed by atoms with van der Waals surface area (Å²) in [4.78, 5) is 22.7. The van der Waals surface area contributed by atoms with E-state index in [1.807, 2.05) is 20.8 Å². The maximum Gasteiger partial charge on any atom is 1.00 e. The largest absolute Gasteiger partial charge is 1.00 e. The number of hydrogen-bond acceptors (Lipinski definition) is 5. The molecule has 0 heterocycles. The smallest absolute Gasteiger partial charge is 0.572 e. The zero-order valence-corrected chi connectivity index (χ0v) is 13.3. The fourth-order valence-corrected chi connectivity index (χ4v) is 3.03. The van der Waals surface area contributed by atoms with Crippen molar-refractivity contribution in [2.45, 2.75) is 66.1 Å². The molecular weight excluding hydrogens is 251 g/mol. The standard InChI is InChI=1S/C7H13O2.C3H7O.C2H4O2.Al/c1-4-5-7(3,9)6(2)8;1-3(2)4;1-2(3)4;/h4-5H2,1-3H3;3H,1-2H3;1H3,(H,3,4);/q2*-1;;+3/p-1. The third-order valence-corrected chi connectivity index (χ3v) is 4.48. The Morgan fingerprint density at radius 2 is 1.83 bits per heavy atom. The molecule has 5 nitrogen and oxygen atoms in total. The molecule has 0 aromatic rings. The number of rotatable bonds is 8. The van der Waals surface area contributed by atoms with Gasteiger partial charge in [-0.2, -0.15) is 0 Å². The van der Waals surface area contributed by atoms with Gasteiger partial charge in [-0.3, -0.25) is 9.59 Å². The number of hydrogen-bond donors (Lipinski definition) is 0. The maximum absolute atomic E-state index is 11.7. The van der Waals surface area contributed by atoms with E-state index < -0.39 is 26.7 Å². The molecule has 0 spiro atoms. The molecule has 0 aromatic carbocycles. The van der Waals surface area contributed by atoms with Crippen molar-refractivity contribution in [3.05, 3.63) is 0 Å². The van der Waals surface area contributed by atoms with Crippen LogP contribution in [0, 0.1) is 0 Å². The third-order valence-electron chi connectivity index (χ3n) is 2.47. The molecule has 0 saturated carbocycles. The first kappa shape index (κ1) is 17.6. The fraction of sp³-hybridized carbons (Fsp3) is 0.833. The minimum atomic E-state index is -2.63. The van der Waals surface area contributed by atoms with E-state index in [0.717, 1.165) is 6.42 Å². The van der Waals surface area contributed by atoms with Crippen LogP contribution in [0.5, 0.6) is 0 Å². The molecule has 0 amide bonds. The van der Waals surface area contributed by atoms with Crippen molar-refractivity contribution < 1.29 is 21.0 Å². The highest BCUT2D eigenvalue weighted by Gasteiger charge is 2.46. The Bertz CT molecular complexity index is 292. The molecule has 0 aliphatic rings. The molecule has 0 aromatic heterocycles. The average molecular weight is 274 g/mol. The molecule has 0 bridgehead atoms. The summed E-state index contributed by atoms with van der Waals surface area (Å²) in [5, 5.41) is 0. The predicted octanol–water partition coefficient (Wildman–Crippen LogP) is 2.12. The van der Waals surface area contributed by atoms with Crippen molar-refractivity contribution in [1.82, 2.24) is 0 Å². The molecule has 1 atom stereocenters. The van der Waals surface area contributed by atoms with Gasteiger partial charge in [-0.25, -0.2) is 0 Å². The SMILES string of the molecule is CCCC(C)([O][Al]([O]C(C)=O)[O]C(C)C)C(C)=O. The zero-order chi connectivity index (χ0) is 14.3. The number of carbonyl (C=O) groups is 2. The minimum Gasteiger partial charge on any atom is -0.572 e. The van der Waals surface area contributed by atoms with Crippen molar-refractivity contribution in [2.24, 2.45) is 0 Å². The van der Waals surface area contributed by atoms with Crippen LogP contribution < -0.4 is 0 Å². The second-order valence-corrected chi connectivity index (χ2v) is 6.06. The lowest BCUT2D eigenvalue weighted by atomic mass is 9.97. The summed E-state index contributed by atoms with van der Waals surface area (Å²) in [6.45, 7) is 10.1. The number of ketones is 1. The van der Waals surface area contributed by atoms with Crippen molar-refractivity contribution in [1.29, 1.82) is 0 Å². The van der Waals surface area contributed by atoms with Crippen LogP contribution in [-0.2, 0) is 21.0 Å². The summed E-state index contributed by atoms with van der Waals surface area (Å²) >= 11 is -2.63. The van der Waals surface area contributed by atoms with Crippen molar-refractivity contribution in [3.63, 3.8) is 0 Å². The zero-order valence-electron chi connectivity index (χ0n) is 12.1. The molecule has 0 fully saturated rings. The Morgan fingerprint density at radius 3 is 2.17 bits per heavy atom. The van der Waals surface area contributed by atoms with Gasteiger partial charge in [0.15, 0.2) is 5.78 Å². The summed E-state index contributed by atoms with van der Waals surface area (Å²) in [5.41, 5.74) is -0.935. The van der Waals surface area contributed by atoms with E-state index in [1.54, 1.807) is 6.92 Å². The molecule has 0 rings (SSSR count). The molecule has 0 radical (unpaired) electrons. The molecular formula is C12H23AlO5. The van der Waals surface area contributed by atoms with Gasteiger partial charge in [0.1, 0.15) is 0 Å². The topological polar surface area (TPSA) is 61.8 Å². The first-order chi connectivity index (χ1) is 8.21. The van der Waals surface area contributed by atoms with E-state index in [2.05, 4.69) is 0 Å². The first-order valence-corrected chi connectivity index (χ1v) is 7.64. The highest BCUT2D eigenvalue weighted by Crippen LogP contribution is 2.21. The molecule has 104 valence electrons. The van der Waals surface area contributed by atoms with Gasteiger partial charge in [0.2, 0.25) is 0 Å². The van der Waals surface area contributed by atoms with Crippen LogP contribution in [0.4, 0.5) is 0 Å². The van der Waals surface area contributed by atoms with E-state index in [0.29, 0.717) is 6.42 Å². The van der Waals surface area contributed by atoms with E-state index in [1.165, 1.54) is 13.8 Å². The van der Waals surface area contributed by atoms with Gasteiger partial charge in [-0.15, -0.1) is 0 Å². The van der Waals surface area contributed by atoms with Gasteiger partial charge in [0.05, 0.1) is 5.60 Å². The Hall–Kier alpha value is -0.408. The highest BCUT2D eigenvalue weighted by atomic mass is 27.3. The Labute approximate surface area is 114 Å². The molecule has 0 N–H and O–H groups in total. The second-order valence-electron chi connectivity index (χ2n) is 4.74. The lowest BCUT2D eigenvalue weighted by molar-refractivity contribution is -0.143. The quantitative estimate of drug-likeness (QED) is 0.634. The van der Waals surface area contributed by atoms with Gasteiger partial charge in [0, 0.05) is 13.0 Å². The van der Waals surface area contributed by atoms with Crippen LogP contribution in [0.3, 0.4) is 0 Å². The minimum absolute atomic E-state index is 0.0821. The number of carbonyl (C=O) groups excluding carboxylic acids is 2. The van der Waals surface area contributed by atoms with Crippen LogP contribution in [-0.4, -0.2) is 38.6 Å². The Kier molecular flexibility index (Phi) is 7.72. The Balaban J connectivity index is 4.79. The summed E-state index contributed by atoms with van der Waals surface area (Å²) in [7, 11) is 0. The predicted molar refractivity (Wildman–Crippen MR) is 68.8 cm³/mol. The monoisotopic (exact) mass is 274 g/mol.